The lowest BCUT2D eigenvalue weighted by atomic mass is 10.1. The quantitative estimate of drug-likeness (QED) is 0.231. The minimum absolute atomic E-state index is 0.0497. The van der Waals surface area contributed by atoms with Gasteiger partial charge in [0.15, 0.2) is 11.0 Å². The number of hydrogen-bond donors (Lipinski definition) is 0. The lowest BCUT2D eigenvalue weighted by Gasteiger charge is -2.13. The smallest absolute Gasteiger partial charge is 0.269 e. The molecule has 0 fully saturated rings. The minimum atomic E-state index is -0.424. The number of nitrogens with zero attached hydrogens (tertiary/aromatic N) is 4. The number of aryl methyl sites for hydroxylation is 1. The number of nitro groups is 1. The van der Waals surface area contributed by atoms with Crippen molar-refractivity contribution in [3.05, 3.63) is 99.9 Å². The lowest BCUT2D eigenvalue weighted by Crippen LogP contribution is -2.02. The Bertz CT molecular complexity index is 1210. The van der Waals surface area contributed by atoms with Crippen LogP contribution in [0.4, 0.5) is 10.1 Å². The monoisotopic (exact) mass is 420 g/mol. The summed E-state index contributed by atoms with van der Waals surface area (Å²) < 4.78 is 16.3. The molecule has 0 aliphatic rings. The number of non-ortho nitro benzene ring substituents is 1. The molecule has 0 spiro atoms. The molecule has 0 amide bonds. The average molecular weight is 420 g/mol. The predicted octanol–water partition coefficient (Wildman–Crippen LogP) is 5.58. The number of nitro benzene ring substituents is 1. The van der Waals surface area contributed by atoms with Crippen LogP contribution in [0.1, 0.15) is 11.1 Å². The van der Waals surface area contributed by atoms with E-state index in [1.54, 1.807) is 30.3 Å². The Kier molecular flexibility index (Phi) is 5.58. The largest absolute Gasteiger partial charge is 0.270 e. The summed E-state index contributed by atoms with van der Waals surface area (Å²) in [6, 6.07) is 20.7. The predicted molar refractivity (Wildman–Crippen MR) is 114 cm³/mol. The molecular formula is C22H17FN4O2S. The molecule has 0 radical (unpaired) electrons. The third-order valence-corrected chi connectivity index (χ3v) is 5.62. The van der Waals surface area contributed by atoms with Crippen molar-refractivity contribution in [3.8, 4) is 17.1 Å². The second-order valence-electron chi connectivity index (χ2n) is 6.62. The molecule has 30 heavy (non-hydrogen) atoms. The van der Waals surface area contributed by atoms with Gasteiger partial charge in [-0.1, -0.05) is 54.2 Å². The van der Waals surface area contributed by atoms with Crippen LogP contribution in [-0.2, 0) is 5.75 Å². The number of aromatic nitrogens is 3. The van der Waals surface area contributed by atoms with Crippen LogP contribution in [0, 0.1) is 22.9 Å². The maximum absolute atomic E-state index is 14.5. The van der Waals surface area contributed by atoms with E-state index in [-0.39, 0.29) is 11.5 Å². The highest BCUT2D eigenvalue weighted by atomic mass is 32.2. The first-order valence-electron chi connectivity index (χ1n) is 9.17. The SMILES string of the molecule is Cc1ccccc1-n1c(SCc2ccc([N+](=O)[O-])cc2)nnc1-c1ccccc1F. The molecular weight excluding hydrogens is 403 g/mol. The van der Waals surface area contributed by atoms with Crippen LogP contribution in [0.25, 0.3) is 17.1 Å². The Hall–Kier alpha value is -3.52. The third kappa shape index (κ3) is 3.95. The van der Waals surface area contributed by atoms with E-state index in [1.165, 1.54) is 30.0 Å². The Morgan fingerprint density at radius 2 is 1.70 bits per heavy atom. The first-order valence-corrected chi connectivity index (χ1v) is 10.2. The molecule has 150 valence electrons. The molecule has 1 heterocycles. The molecule has 0 bridgehead atoms. The number of benzene rings is 3. The summed E-state index contributed by atoms with van der Waals surface area (Å²) in [7, 11) is 0. The van der Waals surface area contributed by atoms with Crippen LogP contribution in [-0.4, -0.2) is 19.7 Å². The molecule has 3 aromatic carbocycles. The van der Waals surface area contributed by atoms with Gasteiger partial charge < -0.3 is 0 Å². The van der Waals surface area contributed by atoms with Gasteiger partial charge in [0.1, 0.15) is 5.82 Å². The van der Waals surface area contributed by atoms with Gasteiger partial charge in [-0.3, -0.25) is 14.7 Å². The minimum Gasteiger partial charge on any atom is -0.270 e. The van der Waals surface area contributed by atoms with Crippen LogP contribution < -0.4 is 0 Å². The molecule has 1 aromatic heterocycles. The second-order valence-corrected chi connectivity index (χ2v) is 7.56. The highest BCUT2D eigenvalue weighted by Gasteiger charge is 2.19. The van der Waals surface area contributed by atoms with Gasteiger partial charge in [-0.25, -0.2) is 4.39 Å². The van der Waals surface area contributed by atoms with Crippen molar-refractivity contribution in [3.63, 3.8) is 0 Å². The maximum atomic E-state index is 14.5. The third-order valence-electron chi connectivity index (χ3n) is 4.62. The average Bonchev–Trinajstić information content (AvgIpc) is 3.16. The van der Waals surface area contributed by atoms with Gasteiger partial charge in [-0.05, 0) is 36.2 Å². The Morgan fingerprint density at radius 3 is 2.40 bits per heavy atom. The highest BCUT2D eigenvalue weighted by molar-refractivity contribution is 7.98. The van der Waals surface area contributed by atoms with Crippen molar-refractivity contribution in [2.24, 2.45) is 0 Å². The fraction of sp³-hybridized carbons (Fsp3) is 0.0909. The molecule has 4 rings (SSSR count). The van der Waals surface area contributed by atoms with E-state index in [4.69, 9.17) is 0 Å². The molecule has 0 atom stereocenters. The molecule has 0 aliphatic heterocycles. The number of rotatable bonds is 6. The van der Waals surface area contributed by atoms with Crippen molar-refractivity contribution in [1.82, 2.24) is 14.8 Å². The first-order chi connectivity index (χ1) is 14.5. The van der Waals surface area contributed by atoms with E-state index in [1.807, 2.05) is 35.8 Å². The Labute approximate surface area is 176 Å². The van der Waals surface area contributed by atoms with Crippen LogP contribution in [0.3, 0.4) is 0 Å². The number of thioether (sulfide) groups is 1. The molecule has 0 saturated carbocycles. The molecule has 0 aliphatic carbocycles. The van der Waals surface area contributed by atoms with Gasteiger partial charge in [0.05, 0.1) is 16.2 Å². The van der Waals surface area contributed by atoms with Crippen LogP contribution in [0.15, 0.2) is 78.0 Å². The van der Waals surface area contributed by atoms with Gasteiger partial charge in [0.2, 0.25) is 0 Å². The number of para-hydroxylation sites is 1. The van der Waals surface area contributed by atoms with E-state index in [2.05, 4.69) is 10.2 Å². The standard InChI is InChI=1S/C22H17FN4O2S/c1-15-6-2-5-9-20(15)26-21(18-7-3-4-8-19(18)23)24-25-22(26)30-14-16-10-12-17(13-11-16)27(28)29/h2-13H,14H2,1H3. The fourth-order valence-corrected chi connectivity index (χ4v) is 3.97. The zero-order valence-corrected chi connectivity index (χ0v) is 16.8. The van der Waals surface area contributed by atoms with Gasteiger partial charge in [-0.15, -0.1) is 10.2 Å². The zero-order valence-electron chi connectivity index (χ0n) is 16.0. The van der Waals surface area contributed by atoms with Gasteiger partial charge >= 0.3 is 0 Å². The summed E-state index contributed by atoms with van der Waals surface area (Å²) in [6.45, 7) is 1.98. The van der Waals surface area contributed by atoms with Crippen molar-refractivity contribution in [1.29, 1.82) is 0 Å². The summed E-state index contributed by atoms with van der Waals surface area (Å²) in [5, 5.41) is 20.0. The molecule has 6 nitrogen and oxygen atoms in total. The second kappa shape index (κ2) is 8.46. The topological polar surface area (TPSA) is 73.8 Å². The van der Waals surface area contributed by atoms with E-state index in [0.29, 0.717) is 22.3 Å². The summed E-state index contributed by atoms with van der Waals surface area (Å²) in [5.74, 6) is 0.597. The van der Waals surface area contributed by atoms with Gasteiger partial charge in [0.25, 0.3) is 5.69 Å². The van der Waals surface area contributed by atoms with Crippen LogP contribution in [0.5, 0.6) is 0 Å². The summed E-state index contributed by atoms with van der Waals surface area (Å²) in [4.78, 5) is 10.4. The van der Waals surface area contributed by atoms with Gasteiger partial charge in [0, 0.05) is 17.9 Å². The normalized spacial score (nSPS) is 10.9. The van der Waals surface area contributed by atoms with E-state index < -0.39 is 4.92 Å². The van der Waals surface area contributed by atoms with Crippen molar-refractivity contribution in [2.45, 2.75) is 17.8 Å². The maximum Gasteiger partial charge on any atom is 0.269 e. The van der Waals surface area contributed by atoms with Crippen LogP contribution >= 0.6 is 11.8 Å². The van der Waals surface area contributed by atoms with Crippen molar-refractivity contribution in [2.75, 3.05) is 0 Å². The summed E-state index contributed by atoms with van der Waals surface area (Å²) in [6.07, 6.45) is 0. The summed E-state index contributed by atoms with van der Waals surface area (Å²) >= 11 is 1.44. The summed E-state index contributed by atoms with van der Waals surface area (Å²) in [5.41, 5.74) is 3.21. The van der Waals surface area contributed by atoms with Gasteiger partial charge in [-0.2, -0.15) is 0 Å². The highest BCUT2D eigenvalue weighted by Crippen LogP contribution is 2.32. The number of halogens is 1. The molecule has 0 N–H and O–H groups in total. The Balaban J connectivity index is 1.72. The Morgan fingerprint density at radius 1 is 1.00 bits per heavy atom. The molecule has 8 heteroatoms. The van der Waals surface area contributed by atoms with E-state index >= 15 is 0 Å². The fourth-order valence-electron chi connectivity index (χ4n) is 3.07. The van der Waals surface area contributed by atoms with Crippen molar-refractivity contribution < 1.29 is 9.31 Å². The van der Waals surface area contributed by atoms with Crippen molar-refractivity contribution >= 4 is 17.4 Å². The zero-order chi connectivity index (χ0) is 21.1. The first kappa shape index (κ1) is 19.8. The molecule has 0 unspecified atom stereocenters. The number of hydrogen-bond acceptors (Lipinski definition) is 5. The van der Waals surface area contributed by atoms with E-state index in [9.17, 15) is 14.5 Å². The molecule has 0 saturated heterocycles. The molecule has 4 aromatic rings. The van der Waals surface area contributed by atoms with E-state index in [0.717, 1.165) is 16.8 Å². The lowest BCUT2D eigenvalue weighted by molar-refractivity contribution is -0.384. The van der Waals surface area contributed by atoms with Crippen LogP contribution in [0.2, 0.25) is 0 Å².